The van der Waals surface area contributed by atoms with Crippen molar-refractivity contribution in [1.82, 2.24) is 9.88 Å². The summed E-state index contributed by atoms with van der Waals surface area (Å²) in [5.74, 6) is -0.400. The van der Waals surface area contributed by atoms with Crippen LogP contribution in [-0.4, -0.2) is 14.8 Å². The second-order valence-corrected chi connectivity index (χ2v) is 7.80. The maximum atomic E-state index is 13.2. The Morgan fingerprint density at radius 3 is 2.62 bits per heavy atom. The molecule has 1 fully saturated rings. The maximum Gasteiger partial charge on any atom is 0.263 e. The number of thioether (sulfide) groups is 1. The minimum Gasteiger partial charge on any atom is -0.340 e. The standard InChI is InChI=1S/C20H15FN2OS2/c1-12-16(10-18-19(24)22-20(25)26-18)15-4-2-3-5-17(15)23(12)11-13-6-8-14(21)9-7-13/h2-10H,11H2,1H3,(H,22,24,25). The van der Waals surface area contributed by atoms with E-state index in [1.165, 1.54) is 23.9 Å². The van der Waals surface area contributed by atoms with E-state index in [9.17, 15) is 9.18 Å². The number of para-hydroxylation sites is 1. The van der Waals surface area contributed by atoms with Crippen molar-refractivity contribution in [2.45, 2.75) is 13.5 Å². The first kappa shape index (κ1) is 17.0. The molecular formula is C20H15FN2OS2. The van der Waals surface area contributed by atoms with E-state index in [1.807, 2.05) is 31.2 Å². The number of carbonyl (C=O) groups excluding carboxylic acids is 1. The lowest BCUT2D eigenvalue weighted by Gasteiger charge is -2.09. The fourth-order valence-electron chi connectivity index (χ4n) is 3.17. The van der Waals surface area contributed by atoms with Gasteiger partial charge in [0.05, 0.1) is 4.91 Å². The van der Waals surface area contributed by atoms with E-state index in [2.05, 4.69) is 16.0 Å². The fourth-order valence-corrected chi connectivity index (χ4v) is 4.19. The van der Waals surface area contributed by atoms with Crippen molar-refractivity contribution < 1.29 is 9.18 Å². The average molecular weight is 382 g/mol. The molecule has 6 heteroatoms. The molecule has 3 aromatic rings. The van der Waals surface area contributed by atoms with E-state index >= 15 is 0 Å². The molecule has 1 aliphatic rings. The molecule has 0 atom stereocenters. The molecule has 1 aromatic heterocycles. The third kappa shape index (κ3) is 3.06. The number of benzene rings is 2. The van der Waals surface area contributed by atoms with Crippen molar-refractivity contribution in [3.8, 4) is 0 Å². The summed E-state index contributed by atoms with van der Waals surface area (Å²) in [6, 6.07) is 14.6. The number of nitrogens with zero attached hydrogens (tertiary/aromatic N) is 1. The van der Waals surface area contributed by atoms with Crippen LogP contribution in [0, 0.1) is 12.7 Å². The number of rotatable bonds is 3. The fraction of sp³-hybridized carbons (Fsp3) is 0.100. The van der Waals surface area contributed by atoms with Crippen molar-refractivity contribution in [2.75, 3.05) is 0 Å². The Bertz CT molecular complexity index is 1070. The lowest BCUT2D eigenvalue weighted by Crippen LogP contribution is -2.17. The van der Waals surface area contributed by atoms with Gasteiger partial charge >= 0.3 is 0 Å². The van der Waals surface area contributed by atoms with Gasteiger partial charge in [0.2, 0.25) is 0 Å². The van der Waals surface area contributed by atoms with E-state index in [0.717, 1.165) is 27.7 Å². The van der Waals surface area contributed by atoms with Crippen LogP contribution < -0.4 is 5.32 Å². The summed E-state index contributed by atoms with van der Waals surface area (Å²) in [4.78, 5) is 12.6. The predicted molar refractivity (Wildman–Crippen MR) is 108 cm³/mol. The van der Waals surface area contributed by atoms with Crippen LogP contribution in [0.4, 0.5) is 4.39 Å². The van der Waals surface area contributed by atoms with Gasteiger partial charge < -0.3 is 9.88 Å². The maximum absolute atomic E-state index is 13.2. The zero-order chi connectivity index (χ0) is 18.3. The Labute approximate surface area is 159 Å². The summed E-state index contributed by atoms with van der Waals surface area (Å²) < 4.78 is 15.9. The average Bonchev–Trinajstić information content (AvgIpc) is 3.08. The Balaban J connectivity index is 1.83. The molecule has 3 nitrogen and oxygen atoms in total. The molecule has 4 rings (SSSR count). The van der Waals surface area contributed by atoms with E-state index < -0.39 is 0 Å². The highest BCUT2D eigenvalue weighted by atomic mass is 32.2. The first-order chi connectivity index (χ1) is 12.5. The van der Waals surface area contributed by atoms with Crippen LogP contribution in [0.2, 0.25) is 0 Å². The summed E-state index contributed by atoms with van der Waals surface area (Å²) in [5.41, 5.74) is 4.15. The molecule has 1 amide bonds. The third-order valence-electron chi connectivity index (χ3n) is 4.45. The van der Waals surface area contributed by atoms with Crippen LogP contribution >= 0.6 is 24.0 Å². The molecule has 0 saturated carbocycles. The second-order valence-electron chi connectivity index (χ2n) is 6.08. The zero-order valence-electron chi connectivity index (χ0n) is 14.0. The largest absolute Gasteiger partial charge is 0.340 e. The monoisotopic (exact) mass is 382 g/mol. The first-order valence-corrected chi connectivity index (χ1v) is 9.32. The molecule has 0 spiro atoms. The van der Waals surface area contributed by atoms with Crippen molar-refractivity contribution in [2.24, 2.45) is 0 Å². The number of halogens is 1. The number of nitrogens with one attached hydrogen (secondary N) is 1. The molecule has 26 heavy (non-hydrogen) atoms. The van der Waals surface area contributed by atoms with Crippen LogP contribution in [-0.2, 0) is 11.3 Å². The van der Waals surface area contributed by atoms with Crippen LogP contribution in [0.1, 0.15) is 16.8 Å². The summed E-state index contributed by atoms with van der Waals surface area (Å²) >= 11 is 6.36. The van der Waals surface area contributed by atoms with Gasteiger partial charge in [0, 0.05) is 28.7 Å². The topological polar surface area (TPSA) is 34.0 Å². The molecule has 2 heterocycles. The summed E-state index contributed by atoms with van der Waals surface area (Å²) in [6.45, 7) is 2.67. The minimum atomic E-state index is -0.242. The molecule has 0 aliphatic carbocycles. The number of amides is 1. The van der Waals surface area contributed by atoms with E-state index in [0.29, 0.717) is 15.8 Å². The van der Waals surface area contributed by atoms with Gasteiger partial charge in [0.1, 0.15) is 10.1 Å². The molecule has 130 valence electrons. The van der Waals surface area contributed by atoms with Crippen LogP contribution in [0.5, 0.6) is 0 Å². The Kier molecular flexibility index (Phi) is 4.38. The summed E-state index contributed by atoms with van der Waals surface area (Å²) in [7, 11) is 0. The first-order valence-electron chi connectivity index (χ1n) is 8.10. The van der Waals surface area contributed by atoms with Crippen molar-refractivity contribution >= 4 is 51.2 Å². The predicted octanol–water partition coefficient (Wildman–Crippen LogP) is 4.63. The number of fused-ring (bicyclic) bond motifs is 1. The lowest BCUT2D eigenvalue weighted by atomic mass is 10.1. The SMILES string of the molecule is Cc1c(C=C2SC(=S)NC2=O)c2ccccc2n1Cc1ccc(F)cc1. The Hall–Kier alpha value is -2.44. The smallest absolute Gasteiger partial charge is 0.263 e. The minimum absolute atomic E-state index is 0.158. The molecule has 1 N–H and O–H groups in total. The third-order valence-corrected chi connectivity index (χ3v) is 5.61. The molecule has 0 radical (unpaired) electrons. The summed E-state index contributed by atoms with van der Waals surface area (Å²) in [5, 5.41) is 3.73. The Morgan fingerprint density at radius 2 is 1.92 bits per heavy atom. The molecule has 2 aromatic carbocycles. The van der Waals surface area contributed by atoms with Gasteiger partial charge in [0.15, 0.2) is 0 Å². The molecular weight excluding hydrogens is 367 g/mol. The molecule has 0 bridgehead atoms. The van der Waals surface area contributed by atoms with Crippen molar-refractivity contribution in [3.05, 3.63) is 76.1 Å². The van der Waals surface area contributed by atoms with Gasteiger partial charge in [0.25, 0.3) is 5.91 Å². The number of hydrogen-bond donors (Lipinski definition) is 1. The molecule has 1 aliphatic heterocycles. The molecule has 1 saturated heterocycles. The van der Waals surface area contributed by atoms with Gasteiger partial charge in [-0.15, -0.1) is 0 Å². The second kappa shape index (κ2) is 6.70. The van der Waals surface area contributed by atoms with E-state index in [-0.39, 0.29) is 11.7 Å². The summed E-state index contributed by atoms with van der Waals surface area (Å²) in [6.07, 6.45) is 1.90. The van der Waals surface area contributed by atoms with Crippen LogP contribution in [0.3, 0.4) is 0 Å². The van der Waals surface area contributed by atoms with E-state index in [1.54, 1.807) is 12.1 Å². The highest BCUT2D eigenvalue weighted by Gasteiger charge is 2.23. The Morgan fingerprint density at radius 1 is 1.19 bits per heavy atom. The van der Waals surface area contributed by atoms with Crippen molar-refractivity contribution in [3.63, 3.8) is 0 Å². The normalized spacial score (nSPS) is 15.8. The van der Waals surface area contributed by atoms with Crippen LogP contribution in [0.15, 0.2) is 53.4 Å². The van der Waals surface area contributed by atoms with Gasteiger partial charge in [-0.3, -0.25) is 4.79 Å². The van der Waals surface area contributed by atoms with Gasteiger partial charge in [-0.1, -0.05) is 54.3 Å². The number of aromatic nitrogens is 1. The van der Waals surface area contributed by atoms with Gasteiger partial charge in [-0.2, -0.15) is 0 Å². The number of thiocarbonyl (C=S) groups is 1. The highest BCUT2D eigenvalue weighted by Crippen LogP contribution is 2.32. The van der Waals surface area contributed by atoms with E-state index in [4.69, 9.17) is 12.2 Å². The van der Waals surface area contributed by atoms with Gasteiger partial charge in [-0.25, -0.2) is 4.39 Å². The lowest BCUT2D eigenvalue weighted by molar-refractivity contribution is -0.115. The zero-order valence-corrected chi connectivity index (χ0v) is 15.6. The van der Waals surface area contributed by atoms with Crippen LogP contribution in [0.25, 0.3) is 17.0 Å². The quantitative estimate of drug-likeness (QED) is 0.530. The van der Waals surface area contributed by atoms with Gasteiger partial charge in [-0.05, 0) is 36.8 Å². The highest BCUT2D eigenvalue weighted by molar-refractivity contribution is 8.26. The molecule has 0 unspecified atom stereocenters. The number of carbonyl (C=O) groups is 1. The number of hydrogen-bond acceptors (Lipinski definition) is 3. The van der Waals surface area contributed by atoms with Crippen molar-refractivity contribution in [1.29, 1.82) is 0 Å².